The average molecular weight is 404 g/mol. The third-order valence-corrected chi connectivity index (χ3v) is 5.72. The Morgan fingerprint density at radius 1 is 1.03 bits per heavy atom. The van der Waals surface area contributed by atoms with Gasteiger partial charge in [-0.3, -0.25) is 9.59 Å². The van der Waals surface area contributed by atoms with Crippen molar-refractivity contribution < 1.29 is 18.7 Å². The Morgan fingerprint density at radius 3 is 2.30 bits per heavy atom. The van der Waals surface area contributed by atoms with E-state index in [9.17, 15) is 9.59 Å². The summed E-state index contributed by atoms with van der Waals surface area (Å²) >= 11 is 0. The van der Waals surface area contributed by atoms with E-state index in [1.807, 2.05) is 60.7 Å². The number of ether oxygens (including phenoxy) is 1. The molecule has 3 aromatic rings. The van der Waals surface area contributed by atoms with Gasteiger partial charge in [0.15, 0.2) is 12.4 Å². The molecule has 0 spiro atoms. The largest absolute Gasteiger partial charge is 0.455 e. The predicted octanol–water partition coefficient (Wildman–Crippen LogP) is 3.97. The lowest BCUT2D eigenvalue weighted by atomic mass is 9.72. The zero-order valence-corrected chi connectivity index (χ0v) is 16.9. The van der Waals surface area contributed by atoms with Crippen LogP contribution < -0.4 is 0 Å². The van der Waals surface area contributed by atoms with Gasteiger partial charge in [-0.2, -0.15) is 0 Å². The van der Waals surface area contributed by atoms with Crippen LogP contribution in [0.1, 0.15) is 31.2 Å². The van der Waals surface area contributed by atoms with Crippen molar-refractivity contribution in [1.29, 1.82) is 0 Å². The summed E-state index contributed by atoms with van der Waals surface area (Å²) in [6, 6.07) is 19.3. The third-order valence-electron chi connectivity index (χ3n) is 5.72. The second-order valence-electron chi connectivity index (χ2n) is 7.51. The van der Waals surface area contributed by atoms with E-state index >= 15 is 0 Å². The number of piperidine rings is 1. The maximum absolute atomic E-state index is 13.3. The number of hydrogen-bond donors (Lipinski definition) is 0. The number of hydrogen-bond acceptors (Lipinski definition) is 5. The van der Waals surface area contributed by atoms with Crippen molar-refractivity contribution in [3.05, 3.63) is 78.3 Å². The number of nitrogens with zero attached hydrogens (tertiary/aromatic N) is 2. The second kappa shape index (κ2) is 8.53. The minimum Gasteiger partial charge on any atom is -0.455 e. The van der Waals surface area contributed by atoms with Gasteiger partial charge in [-0.05, 0) is 18.4 Å². The molecule has 0 unspecified atom stereocenters. The quantitative estimate of drug-likeness (QED) is 0.602. The first-order valence-corrected chi connectivity index (χ1v) is 10.1. The summed E-state index contributed by atoms with van der Waals surface area (Å²) in [6.45, 7) is 2.57. The van der Waals surface area contributed by atoms with Gasteiger partial charge in [0.1, 0.15) is 0 Å². The molecule has 6 nitrogen and oxygen atoms in total. The van der Waals surface area contributed by atoms with E-state index in [0.29, 0.717) is 37.6 Å². The van der Waals surface area contributed by atoms with Crippen molar-refractivity contribution in [3.63, 3.8) is 0 Å². The Bertz CT molecular complexity index is 1010. The molecule has 1 aliphatic rings. The van der Waals surface area contributed by atoms with Crippen molar-refractivity contribution in [2.75, 3.05) is 13.1 Å². The molecule has 0 aliphatic carbocycles. The lowest BCUT2D eigenvalue weighted by Gasteiger charge is -2.39. The third kappa shape index (κ3) is 3.99. The maximum atomic E-state index is 13.3. The number of esters is 1. The van der Waals surface area contributed by atoms with Crippen molar-refractivity contribution in [2.24, 2.45) is 0 Å². The molecule has 1 saturated heterocycles. The molecule has 0 radical (unpaired) electrons. The molecule has 2 aromatic carbocycles. The number of benzene rings is 2. The fourth-order valence-electron chi connectivity index (χ4n) is 3.95. The lowest BCUT2D eigenvalue weighted by molar-refractivity contribution is -0.156. The average Bonchev–Trinajstić information content (AvgIpc) is 3.28. The zero-order valence-electron chi connectivity index (χ0n) is 16.9. The van der Waals surface area contributed by atoms with Crippen molar-refractivity contribution in [3.8, 4) is 11.3 Å². The van der Waals surface area contributed by atoms with Crippen LogP contribution in [0, 0.1) is 0 Å². The molecular weight excluding hydrogens is 380 g/mol. The standard InChI is InChI=1S/C24H24N2O4/c1-18(27)26-14-12-24(13-15-26,20-10-6-3-7-11-20)23(28)29-17-22-25-16-21(30-22)19-8-4-2-5-9-19/h2-11,16H,12-15,17H2,1H3. The Hall–Kier alpha value is -3.41. The lowest BCUT2D eigenvalue weighted by Crippen LogP contribution is -2.49. The van der Waals surface area contributed by atoms with Crippen molar-refractivity contribution in [2.45, 2.75) is 31.8 Å². The summed E-state index contributed by atoms with van der Waals surface area (Å²) in [5.74, 6) is 0.704. The molecule has 4 rings (SSSR count). The Morgan fingerprint density at radius 2 is 1.67 bits per heavy atom. The van der Waals surface area contributed by atoms with Crippen LogP contribution in [0.15, 0.2) is 71.3 Å². The number of rotatable bonds is 5. The highest BCUT2D eigenvalue weighted by molar-refractivity contribution is 5.84. The van der Waals surface area contributed by atoms with Gasteiger partial charge in [-0.25, -0.2) is 4.98 Å². The predicted molar refractivity (Wildman–Crippen MR) is 111 cm³/mol. The molecule has 1 aliphatic heterocycles. The molecule has 1 amide bonds. The molecular formula is C24H24N2O4. The number of aromatic nitrogens is 1. The fraction of sp³-hybridized carbons (Fsp3) is 0.292. The van der Waals surface area contributed by atoms with Crippen LogP contribution in [-0.2, 0) is 26.3 Å². The van der Waals surface area contributed by atoms with Crippen LogP contribution in [0.2, 0.25) is 0 Å². The normalized spacial score (nSPS) is 15.6. The minimum atomic E-state index is -0.776. The van der Waals surface area contributed by atoms with Crippen molar-refractivity contribution >= 4 is 11.9 Å². The van der Waals surface area contributed by atoms with E-state index in [1.165, 1.54) is 0 Å². The van der Waals surface area contributed by atoms with Crippen LogP contribution in [0.5, 0.6) is 0 Å². The monoisotopic (exact) mass is 404 g/mol. The van der Waals surface area contributed by atoms with Crippen LogP contribution in [0.3, 0.4) is 0 Å². The van der Waals surface area contributed by atoms with Gasteiger partial charge in [-0.15, -0.1) is 0 Å². The van der Waals surface area contributed by atoms with Gasteiger partial charge < -0.3 is 14.1 Å². The van der Waals surface area contributed by atoms with Crippen LogP contribution in [-0.4, -0.2) is 34.8 Å². The molecule has 6 heteroatoms. The summed E-state index contributed by atoms with van der Waals surface area (Å²) < 4.78 is 11.4. The summed E-state index contributed by atoms with van der Waals surface area (Å²) in [5, 5.41) is 0. The number of likely N-dealkylation sites (tertiary alicyclic amines) is 1. The molecule has 0 atom stereocenters. The maximum Gasteiger partial charge on any atom is 0.317 e. The van der Waals surface area contributed by atoms with E-state index in [4.69, 9.17) is 9.15 Å². The fourth-order valence-corrected chi connectivity index (χ4v) is 3.95. The Labute approximate surface area is 175 Å². The molecule has 154 valence electrons. The molecule has 2 heterocycles. The van der Waals surface area contributed by atoms with Gasteiger partial charge in [0.25, 0.3) is 0 Å². The smallest absolute Gasteiger partial charge is 0.317 e. The first-order valence-electron chi connectivity index (χ1n) is 10.1. The minimum absolute atomic E-state index is 0.0262. The van der Waals surface area contributed by atoms with E-state index < -0.39 is 5.41 Å². The molecule has 30 heavy (non-hydrogen) atoms. The molecule has 0 bridgehead atoms. The molecule has 0 saturated carbocycles. The summed E-state index contributed by atoms with van der Waals surface area (Å²) in [7, 11) is 0. The summed E-state index contributed by atoms with van der Waals surface area (Å²) in [5.41, 5.74) is 1.05. The highest BCUT2D eigenvalue weighted by atomic mass is 16.5. The van der Waals surface area contributed by atoms with Gasteiger partial charge in [0.05, 0.1) is 11.6 Å². The Kier molecular flexibility index (Phi) is 5.65. The highest BCUT2D eigenvalue weighted by Gasteiger charge is 2.44. The summed E-state index contributed by atoms with van der Waals surface area (Å²) in [4.78, 5) is 31.0. The summed E-state index contributed by atoms with van der Waals surface area (Å²) in [6.07, 6.45) is 2.68. The van der Waals surface area contributed by atoms with E-state index in [-0.39, 0.29) is 18.5 Å². The first kappa shape index (κ1) is 19.9. The van der Waals surface area contributed by atoms with Crippen LogP contribution in [0.4, 0.5) is 0 Å². The number of amides is 1. The van der Waals surface area contributed by atoms with Gasteiger partial charge >= 0.3 is 5.97 Å². The number of carbonyl (C=O) groups is 2. The Balaban J connectivity index is 1.49. The first-order chi connectivity index (χ1) is 14.6. The molecule has 0 N–H and O–H groups in total. The number of carbonyl (C=O) groups excluding carboxylic acids is 2. The van der Waals surface area contributed by atoms with Crippen molar-refractivity contribution in [1.82, 2.24) is 9.88 Å². The van der Waals surface area contributed by atoms with E-state index in [0.717, 1.165) is 11.1 Å². The van der Waals surface area contributed by atoms with Crippen LogP contribution >= 0.6 is 0 Å². The van der Waals surface area contributed by atoms with Gasteiger partial charge in [0.2, 0.25) is 11.8 Å². The highest BCUT2D eigenvalue weighted by Crippen LogP contribution is 2.37. The second-order valence-corrected chi connectivity index (χ2v) is 7.51. The van der Waals surface area contributed by atoms with Crippen LogP contribution in [0.25, 0.3) is 11.3 Å². The zero-order chi connectivity index (χ0) is 21.0. The topological polar surface area (TPSA) is 72.6 Å². The van der Waals surface area contributed by atoms with Gasteiger partial charge in [0, 0.05) is 25.6 Å². The van der Waals surface area contributed by atoms with Gasteiger partial charge in [-0.1, -0.05) is 60.7 Å². The number of oxazole rings is 1. The van der Waals surface area contributed by atoms with E-state index in [2.05, 4.69) is 4.98 Å². The van der Waals surface area contributed by atoms with E-state index in [1.54, 1.807) is 18.0 Å². The molecule has 1 aromatic heterocycles. The SMILES string of the molecule is CC(=O)N1CCC(C(=O)OCc2ncc(-c3ccccc3)o2)(c2ccccc2)CC1. The molecule has 1 fully saturated rings.